The molecule has 3 heterocycles. The van der Waals surface area contributed by atoms with Gasteiger partial charge in [0.05, 0.1) is 13.2 Å². The largest absolute Gasteiger partial charge is 0.496 e. The molecule has 6 nitrogen and oxygen atoms in total. The molecule has 1 saturated heterocycles. The van der Waals surface area contributed by atoms with E-state index in [1.165, 1.54) is 0 Å². The molecule has 2 N–H and O–H groups in total. The van der Waals surface area contributed by atoms with Gasteiger partial charge in [0.15, 0.2) is 0 Å². The Balaban J connectivity index is 1.91. The predicted octanol–water partition coefficient (Wildman–Crippen LogP) is 2.84. The van der Waals surface area contributed by atoms with Gasteiger partial charge in [-0.25, -0.2) is 0 Å². The molecule has 0 bridgehead atoms. The van der Waals surface area contributed by atoms with Crippen molar-refractivity contribution in [3.63, 3.8) is 0 Å². The van der Waals surface area contributed by atoms with Crippen LogP contribution in [0.5, 0.6) is 5.75 Å². The maximum absolute atomic E-state index is 13.0. The predicted molar refractivity (Wildman–Crippen MR) is 104 cm³/mol. The lowest BCUT2D eigenvalue weighted by Crippen LogP contribution is -2.65. The summed E-state index contributed by atoms with van der Waals surface area (Å²) >= 11 is 0. The van der Waals surface area contributed by atoms with Gasteiger partial charge in [-0.3, -0.25) is 9.59 Å². The number of methoxy groups -OCH3 is 1. The van der Waals surface area contributed by atoms with E-state index in [4.69, 9.17) is 4.74 Å². The number of nitrogens with one attached hydrogen (secondary N) is 2. The van der Waals surface area contributed by atoms with Crippen LogP contribution < -0.4 is 10.1 Å². The minimum absolute atomic E-state index is 0.00307. The number of amides is 2. The molecular weight excluding hydrogens is 342 g/mol. The highest BCUT2D eigenvalue weighted by molar-refractivity contribution is 5.99. The number of benzene rings is 1. The minimum atomic E-state index is -0.475. The lowest BCUT2D eigenvalue weighted by atomic mass is 9.85. The van der Waals surface area contributed by atoms with Crippen LogP contribution in [0.15, 0.2) is 12.1 Å². The third-order valence-electron chi connectivity index (χ3n) is 5.84. The number of fused-ring (bicyclic) bond motifs is 4. The highest BCUT2D eigenvalue weighted by atomic mass is 16.5. The zero-order chi connectivity index (χ0) is 19.5. The summed E-state index contributed by atoms with van der Waals surface area (Å²) in [5.74, 6) is 1.18. The number of piperazine rings is 1. The number of nitrogens with zero attached hydrogens (tertiary/aromatic N) is 1. The van der Waals surface area contributed by atoms with Gasteiger partial charge in [-0.05, 0) is 43.4 Å². The molecule has 144 valence electrons. The van der Waals surface area contributed by atoms with Gasteiger partial charge in [0, 0.05) is 29.1 Å². The Labute approximate surface area is 159 Å². The van der Waals surface area contributed by atoms with Gasteiger partial charge in [0.25, 0.3) is 0 Å². The van der Waals surface area contributed by atoms with Gasteiger partial charge in [-0.15, -0.1) is 0 Å². The molecule has 0 saturated carbocycles. The van der Waals surface area contributed by atoms with E-state index in [9.17, 15) is 9.59 Å². The van der Waals surface area contributed by atoms with Crippen LogP contribution in [0.4, 0.5) is 0 Å². The number of H-pyrrole nitrogens is 1. The average molecular weight is 369 g/mol. The second kappa shape index (κ2) is 6.29. The van der Waals surface area contributed by atoms with Gasteiger partial charge >= 0.3 is 0 Å². The second-order valence-electron chi connectivity index (χ2n) is 8.23. The Morgan fingerprint density at radius 2 is 2.04 bits per heavy atom. The molecule has 2 aromatic rings. The summed E-state index contributed by atoms with van der Waals surface area (Å²) in [6, 6.07) is 3.11. The maximum Gasteiger partial charge on any atom is 0.246 e. The van der Waals surface area contributed by atoms with E-state index in [2.05, 4.69) is 30.2 Å². The van der Waals surface area contributed by atoms with Crippen molar-refractivity contribution < 1.29 is 14.3 Å². The van der Waals surface area contributed by atoms with Crippen molar-refractivity contribution in [1.82, 2.24) is 15.2 Å². The van der Waals surface area contributed by atoms with Gasteiger partial charge in [0.1, 0.15) is 17.8 Å². The van der Waals surface area contributed by atoms with E-state index < -0.39 is 12.1 Å². The SMILES string of the molecule is COc1cc2[nH]c3c(c2cc1C)C[C@@H]1C(=O)N[C@@H](C)C(=O)N1[C@H]3CC(C)C. The van der Waals surface area contributed by atoms with E-state index in [-0.39, 0.29) is 17.9 Å². The van der Waals surface area contributed by atoms with E-state index in [1.807, 2.05) is 17.9 Å². The normalized spacial score (nSPS) is 24.8. The Morgan fingerprint density at radius 1 is 1.30 bits per heavy atom. The molecule has 0 unspecified atom stereocenters. The minimum Gasteiger partial charge on any atom is -0.496 e. The van der Waals surface area contributed by atoms with Gasteiger partial charge in [-0.2, -0.15) is 0 Å². The zero-order valence-electron chi connectivity index (χ0n) is 16.6. The molecule has 1 fully saturated rings. The van der Waals surface area contributed by atoms with Crippen molar-refractivity contribution >= 4 is 22.7 Å². The summed E-state index contributed by atoms with van der Waals surface area (Å²) < 4.78 is 5.47. The molecule has 1 aromatic heterocycles. The van der Waals surface area contributed by atoms with Gasteiger partial charge < -0.3 is 19.9 Å². The number of rotatable bonds is 3. The summed E-state index contributed by atoms with van der Waals surface area (Å²) in [4.78, 5) is 31.0. The smallest absolute Gasteiger partial charge is 0.246 e. The van der Waals surface area contributed by atoms with Crippen molar-refractivity contribution in [2.75, 3.05) is 7.11 Å². The third kappa shape index (κ3) is 2.69. The molecule has 1 aromatic carbocycles. The Hall–Kier alpha value is -2.50. The molecule has 2 aliphatic heterocycles. The van der Waals surface area contributed by atoms with E-state index in [0.29, 0.717) is 12.3 Å². The third-order valence-corrected chi connectivity index (χ3v) is 5.84. The fourth-order valence-electron chi connectivity index (χ4n) is 4.58. The van der Waals surface area contributed by atoms with Crippen LogP contribution in [0, 0.1) is 12.8 Å². The lowest BCUT2D eigenvalue weighted by Gasteiger charge is -2.46. The molecule has 4 rings (SSSR count). The molecule has 0 radical (unpaired) electrons. The number of carbonyl (C=O) groups excluding carboxylic acids is 2. The monoisotopic (exact) mass is 369 g/mol. The molecule has 6 heteroatoms. The van der Waals surface area contributed by atoms with Crippen molar-refractivity contribution in [1.29, 1.82) is 0 Å². The fourth-order valence-corrected chi connectivity index (χ4v) is 4.58. The summed E-state index contributed by atoms with van der Waals surface area (Å²) in [6.45, 7) is 8.09. The Kier molecular flexibility index (Phi) is 4.17. The molecule has 0 spiro atoms. The van der Waals surface area contributed by atoms with Crippen LogP contribution in [-0.2, 0) is 16.0 Å². The van der Waals surface area contributed by atoms with Crippen molar-refractivity contribution in [3.05, 3.63) is 29.0 Å². The standard InChI is InChI=1S/C21H27N3O3/c1-10(2)6-16-19-14(8-17-20(25)22-12(4)21(26)24(16)17)13-7-11(3)18(27-5)9-15(13)23-19/h7,9-10,12,16-17,23H,6,8H2,1-5H3,(H,22,25)/t12-,16-,17+/m0/s1. The first kappa shape index (κ1) is 17.9. The van der Waals surface area contributed by atoms with Crippen molar-refractivity contribution in [2.45, 2.75) is 58.7 Å². The molecular formula is C21H27N3O3. The zero-order valence-corrected chi connectivity index (χ0v) is 16.6. The van der Waals surface area contributed by atoms with Crippen LogP contribution in [0.2, 0.25) is 0 Å². The van der Waals surface area contributed by atoms with Crippen molar-refractivity contribution in [2.24, 2.45) is 5.92 Å². The summed E-state index contributed by atoms with van der Waals surface area (Å²) in [5, 5.41) is 3.96. The van der Waals surface area contributed by atoms with E-state index >= 15 is 0 Å². The number of ether oxygens (including phenoxy) is 1. The van der Waals surface area contributed by atoms with Crippen LogP contribution in [0.3, 0.4) is 0 Å². The second-order valence-corrected chi connectivity index (χ2v) is 8.23. The van der Waals surface area contributed by atoms with E-state index in [0.717, 1.165) is 39.9 Å². The van der Waals surface area contributed by atoms with Crippen LogP contribution in [0.25, 0.3) is 10.9 Å². The topological polar surface area (TPSA) is 74.4 Å². The fraction of sp³-hybridized carbons (Fsp3) is 0.524. The summed E-state index contributed by atoms with van der Waals surface area (Å²) in [6.07, 6.45) is 1.36. The Morgan fingerprint density at radius 3 is 2.70 bits per heavy atom. The van der Waals surface area contributed by atoms with E-state index in [1.54, 1.807) is 14.0 Å². The van der Waals surface area contributed by atoms with Crippen LogP contribution in [-0.4, -0.2) is 40.9 Å². The first-order valence-electron chi connectivity index (χ1n) is 9.63. The first-order valence-corrected chi connectivity index (χ1v) is 9.63. The highest BCUT2D eigenvalue weighted by Crippen LogP contribution is 2.42. The number of hydrogen-bond donors (Lipinski definition) is 2. The summed E-state index contributed by atoms with van der Waals surface area (Å²) in [5.41, 5.74) is 4.28. The number of aromatic amines is 1. The summed E-state index contributed by atoms with van der Waals surface area (Å²) in [7, 11) is 1.67. The van der Waals surface area contributed by atoms with Gasteiger partial charge in [-0.1, -0.05) is 13.8 Å². The highest BCUT2D eigenvalue weighted by Gasteiger charge is 2.47. The number of carbonyl (C=O) groups is 2. The Bertz CT molecular complexity index is 930. The van der Waals surface area contributed by atoms with Crippen LogP contribution in [0.1, 0.15) is 50.1 Å². The lowest BCUT2D eigenvalue weighted by molar-refractivity contribution is -0.153. The average Bonchev–Trinajstić information content (AvgIpc) is 2.96. The molecule has 2 amide bonds. The molecule has 2 aliphatic rings. The number of aromatic nitrogens is 1. The number of aryl methyl sites for hydroxylation is 1. The van der Waals surface area contributed by atoms with Gasteiger partial charge in [0.2, 0.25) is 11.8 Å². The van der Waals surface area contributed by atoms with Crippen molar-refractivity contribution in [3.8, 4) is 5.75 Å². The molecule has 3 atom stereocenters. The number of hydrogen-bond acceptors (Lipinski definition) is 3. The quantitative estimate of drug-likeness (QED) is 0.874. The first-order chi connectivity index (χ1) is 12.8. The molecule has 27 heavy (non-hydrogen) atoms. The van der Waals surface area contributed by atoms with Crippen LogP contribution >= 0.6 is 0 Å². The molecule has 0 aliphatic carbocycles. The maximum atomic E-state index is 13.0.